The third-order valence-corrected chi connectivity index (χ3v) is 6.18. The van der Waals surface area contributed by atoms with Gasteiger partial charge < -0.3 is 14.6 Å². The SMILES string of the molecule is COc1ccc(-c2noc(CN3CCCC(C(=O)NCCC4=CCCCC4)C3)n2)cc1. The third-order valence-electron chi connectivity index (χ3n) is 6.18. The van der Waals surface area contributed by atoms with Gasteiger partial charge in [0.1, 0.15) is 5.75 Å². The molecule has 0 spiro atoms. The molecule has 1 unspecified atom stereocenters. The molecule has 0 saturated carbocycles. The Kier molecular flexibility index (Phi) is 7.35. The molecule has 1 N–H and O–H groups in total. The number of nitrogens with one attached hydrogen (secondary N) is 1. The van der Waals surface area contributed by atoms with E-state index in [-0.39, 0.29) is 11.8 Å². The van der Waals surface area contributed by atoms with Gasteiger partial charge in [-0.15, -0.1) is 0 Å². The summed E-state index contributed by atoms with van der Waals surface area (Å²) < 4.78 is 10.7. The van der Waals surface area contributed by atoms with E-state index in [1.54, 1.807) is 7.11 Å². The zero-order valence-corrected chi connectivity index (χ0v) is 18.3. The highest BCUT2D eigenvalue weighted by Gasteiger charge is 2.26. The Morgan fingerprint density at radius 3 is 2.90 bits per heavy atom. The predicted octanol–water partition coefficient (Wildman–Crippen LogP) is 3.96. The summed E-state index contributed by atoms with van der Waals surface area (Å²) >= 11 is 0. The van der Waals surface area contributed by atoms with Crippen molar-refractivity contribution in [2.24, 2.45) is 5.92 Å². The summed E-state index contributed by atoms with van der Waals surface area (Å²) in [6.45, 7) is 2.99. The molecule has 0 bridgehead atoms. The number of ether oxygens (including phenoxy) is 1. The lowest BCUT2D eigenvalue weighted by atomic mass is 9.96. The van der Waals surface area contributed by atoms with Crippen molar-refractivity contribution in [3.63, 3.8) is 0 Å². The van der Waals surface area contributed by atoms with Gasteiger partial charge >= 0.3 is 0 Å². The number of allylic oxidation sites excluding steroid dienone is 1. The van der Waals surface area contributed by atoms with E-state index in [4.69, 9.17) is 9.26 Å². The van der Waals surface area contributed by atoms with Crippen LogP contribution in [0.5, 0.6) is 5.75 Å². The fraction of sp³-hybridized carbons (Fsp3) is 0.542. The molecule has 1 amide bonds. The van der Waals surface area contributed by atoms with Gasteiger partial charge in [-0.25, -0.2) is 0 Å². The quantitative estimate of drug-likeness (QED) is 0.646. The van der Waals surface area contributed by atoms with E-state index in [1.165, 1.54) is 31.3 Å². The summed E-state index contributed by atoms with van der Waals surface area (Å²) in [4.78, 5) is 19.4. The smallest absolute Gasteiger partial charge is 0.241 e. The van der Waals surface area contributed by atoms with Crippen molar-refractivity contribution >= 4 is 5.91 Å². The van der Waals surface area contributed by atoms with Crippen LogP contribution in [-0.4, -0.2) is 47.7 Å². The lowest BCUT2D eigenvalue weighted by Crippen LogP contribution is -2.43. The van der Waals surface area contributed by atoms with E-state index in [1.807, 2.05) is 24.3 Å². The maximum atomic E-state index is 12.7. The number of piperidine rings is 1. The topological polar surface area (TPSA) is 80.5 Å². The van der Waals surface area contributed by atoms with Crippen LogP contribution in [0.15, 0.2) is 40.4 Å². The monoisotopic (exact) mass is 424 g/mol. The second-order valence-electron chi connectivity index (χ2n) is 8.46. The molecule has 1 aromatic heterocycles. The molecule has 7 heteroatoms. The second-order valence-corrected chi connectivity index (χ2v) is 8.46. The molecule has 31 heavy (non-hydrogen) atoms. The van der Waals surface area contributed by atoms with Crippen LogP contribution in [0.3, 0.4) is 0 Å². The first-order valence-electron chi connectivity index (χ1n) is 11.4. The summed E-state index contributed by atoms with van der Waals surface area (Å²) in [7, 11) is 1.64. The standard InChI is InChI=1S/C24H32N4O3/c1-30-21-11-9-19(10-12-21)23-26-22(31-27-23)17-28-15-5-8-20(16-28)24(29)25-14-13-18-6-3-2-4-7-18/h6,9-12,20H,2-5,7-8,13-17H2,1H3,(H,25,29). The lowest BCUT2D eigenvalue weighted by molar-refractivity contribution is -0.126. The van der Waals surface area contributed by atoms with Gasteiger partial charge in [0.05, 0.1) is 19.6 Å². The minimum atomic E-state index is 0.0260. The van der Waals surface area contributed by atoms with Crippen molar-refractivity contribution in [1.29, 1.82) is 0 Å². The van der Waals surface area contributed by atoms with Crippen LogP contribution in [0, 0.1) is 5.92 Å². The molecule has 1 aliphatic heterocycles. The van der Waals surface area contributed by atoms with Crippen LogP contribution in [-0.2, 0) is 11.3 Å². The average Bonchev–Trinajstić information content (AvgIpc) is 3.28. The number of methoxy groups -OCH3 is 1. The van der Waals surface area contributed by atoms with Crippen molar-refractivity contribution in [2.75, 3.05) is 26.7 Å². The fourth-order valence-electron chi connectivity index (χ4n) is 4.40. The van der Waals surface area contributed by atoms with Crippen LogP contribution in [0.25, 0.3) is 11.4 Å². The molecular formula is C24H32N4O3. The molecule has 1 aliphatic carbocycles. The second kappa shape index (κ2) is 10.6. The fourth-order valence-corrected chi connectivity index (χ4v) is 4.40. The van der Waals surface area contributed by atoms with E-state index in [0.29, 0.717) is 18.3 Å². The zero-order valence-electron chi connectivity index (χ0n) is 18.3. The van der Waals surface area contributed by atoms with Gasteiger partial charge in [0.2, 0.25) is 17.6 Å². The van der Waals surface area contributed by atoms with E-state index in [0.717, 1.165) is 50.2 Å². The largest absolute Gasteiger partial charge is 0.497 e. The molecule has 1 saturated heterocycles. The Hall–Kier alpha value is -2.67. The zero-order chi connectivity index (χ0) is 21.5. The van der Waals surface area contributed by atoms with Crippen LogP contribution in [0.2, 0.25) is 0 Å². The van der Waals surface area contributed by atoms with Crippen molar-refractivity contribution < 1.29 is 14.1 Å². The van der Waals surface area contributed by atoms with E-state index in [2.05, 4.69) is 26.4 Å². The van der Waals surface area contributed by atoms with Gasteiger partial charge in [-0.2, -0.15) is 4.98 Å². The molecule has 166 valence electrons. The number of hydrogen-bond acceptors (Lipinski definition) is 6. The molecule has 0 radical (unpaired) electrons. The number of rotatable bonds is 8. The van der Waals surface area contributed by atoms with Gasteiger partial charge in [-0.3, -0.25) is 9.69 Å². The summed E-state index contributed by atoms with van der Waals surface area (Å²) in [5.41, 5.74) is 2.39. The van der Waals surface area contributed by atoms with Crippen molar-refractivity contribution in [3.8, 4) is 17.1 Å². The summed E-state index contributed by atoms with van der Waals surface area (Å²) in [6.07, 6.45) is 10.2. The highest BCUT2D eigenvalue weighted by molar-refractivity contribution is 5.79. The van der Waals surface area contributed by atoms with Gasteiger partial charge in [0.15, 0.2) is 0 Å². The van der Waals surface area contributed by atoms with Gasteiger partial charge in [0.25, 0.3) is 0 Å². The number of aromatic nitrogens is 2. The van der Waals surface area contributed by atoms with Crippen molar-refractivity contribution in [1.82, 2.24) is 20.4 Å². The average molecular weight is 425 g/mol. The molecule has 7 nitrogen and oxygen atoms in total. The maximum absolute atomic E-state index is 12.7. The van der Waals surface area contributed by atoms with Crippen molar-refractivity contribution in [2.45, 2.75) is 51.5 Å². The summed E-state index contributed by atoms with van der Waals surface area (Å²) in [5.74, 6) is 2.14. The number of nitrogens with zero attached hydrogens (tertiary/aromatic N) is 3. The Bertz CT molecular complexity index is 890. The van der Waals surface area contributed by atoms with E-state index < -0.39 is 0 Å². The van der Waals surface area contributed by atoms with E-state index >= 15 is 0 Å². The molecule has 2 heterocycles. The number of benzene rings is 1. The first-order chi connectivity index (χ1) is 15.2. The van der Waals surface area contributed by atoms with E-state index in [9.17, 15) is 4.79 Å². The molecule has 2 aromatic rings. The molecule has 1 aromatic carbocycles. The number of carbonyl (C=O) groups excluding carboxylic acids is 1. The Labute approximate surface area is 183 Å². The first-order valence-corrected chi connectivity index (χ1v) is 11.4. The normalized spacial score (nSPS) is 19.6. The third kappa shape index (κ3) is 5.94. The molecule has 4 rings (SSSR count). The Morgan fingerprint density at radius 1 is 1.26 bits per heavy atom. The highest BCUT2D eigenvalue weighted by Crippen LogP contribution is 2.23. The summed E-state index contributed by atoms with van der Waals surface area (Å²) in [5, 5.41) is 7.26. The van der Waals surface area contributed by atoms with Crippen molar-refractivity contribution in [3.05, 3.63) is 41.8 Å². The lowest BCUT2D eigenvalue weighted by Gasteiger charge is -2.30. The summed E-state index contributed by atoms with van der Waals surface area (Å²) in [6, 6.07) is 7.59. The Balaban J connectivity index is 1.26. The molecular weight excluding hydrogens is 392 g/mol. The minimum absolute atomic E-state index is 0.0260. The van der Waals surface area contributed by atoms with Crippen LogP contribution in [0.1, 0.15) is 50.8 Å². The predicted molar refractivity (Wildman–Crippen MR) is 118 cm³/mol. The van der Waals surface area contributed by atoms with Gasteiger partial charge in [-0.05, 0) is 75.8 Å². The number of amides is 1. The van der Waals surface area contributed by atoms with Gasteiger partial charge in [-0.1, -0.05) is 16.8 Å². The van der Waals surface area contributed by atoms with Crippen LogP contribution >= 0.6 is 0 Å². The Morgan fingerprint density at radius 2 is 2.13 bits per heavy atom. The number of carbonyl (C=O) groups is 1. The van der Waals surface area contributed by atoms with Crippen LogP contribution < -0.4 is 10.1 Å². The molecule has 2 aliphatic rings. The highest BCUT2D eigenvalue weighted by atomic mass is 16.5. The molecule has 1 atom stereocenters. The minimum Gasteiger partial charge on any atom is -0.497 e. The number of hydrogen-bond donors (Lipinski definition) is 1. The molecule has 1 fully saturated rings. The maximum Gasteiger partial charge on any atom is 0.241 e. The van der Waals surface area contributed by atoms with Gasteiger partial charge in [0, 0.05) is 18.7 Å². The number of likely N-dealkylation sites (tertiary alicyclic amines) is 1. The van der Waals surface area contributed by atoms with Crippen LogP contribution in [0.4, 0.5) is 0 Å². The first kappa shape index (κ1) is 21.6.